The number of nitrogens with zero attached hydrogens (tertiary/aromatic N) is 3. The molecule has 2 heterocycles. The van der Waals surface area contributed by atoms with Gasteiger partial charge >= 0.3 is 0 Å². The van der Waals surface area contributed by atoms with Crippen molar-refractivity contribution in [1.82, 2.24) is 15.6 Å². The second-order valence-electron chi connectivity index (χ2n) is 7.00. The Morgan fingerprint density at radius 2 is 1.85 bits per heavy atom. The number of halogens is 1. The van der Waals surface area contributed by atoms with Crippen LogP contribution in [0.1, 0.15) is 26.7 Å². The van der Waals surface area contributed by atoms with Gasteiger partial charge in [0.2, 0.25) is 11.0 Å². The Balaban J connectivity index is 1.24. The smallest absolute Gasteiger partial charge is 0.257 e. The first-order chi connectivity index (χ1) is 16.4. The van der Waals surface area contributed by atoms with E-state index < -0.39 is 0 Å². The summed E-state index contributed by atoms with van der Waals surface area (Å²) in [5.74, 6) is -0.163. The van der Waals surface area contributed by atoms with E-state index in [1.807, 2.05) is 49.4 Å². The molecule has 0 aliphatic rings. The first-order valence-electron chi connectivity index (χ1n) is 10.0. The van der Waals surface area contributed by atoms with Crippen molar-refractivity contribution in [3.63, 3.8) is 0 Å². The van der Waals surface area contributed by atoms with Crippen LogP contribution in [0.15, 0.2) is 80.2 Å². The van der Waals surface area contributed by atoms with Crippen molar-refractivity contribution in [2.24, 2.45) is 5.10 Å². The van der Waals surface area contributed by atoms with Gasteiger partial charge in [-0.25, -0.2) is 5.43 Å². The maximum atomic E-state index is 12.3. The summed E-state index contributed by atoms with van der Waals surface area (Å²) < 4.78 is 5.67. The van der Waals surface area contributed by atoms with Crippen molar-refractivity contribution in [1.29, 1.82) is 0 Å². The van der Waals surface area contributed by atoms with Gasteiger partial charge in [-0.05, 0) is 55.5 Å². The predicted octanol–water partition coefficient (Wildman–Crippen LogP) is 5.19. The van der Waals surface area contributed by atoms with Crippen molar-refractivity contribution in [3.8, 4) is 0 Å². The number of aryl methyl sites for hydroxylation is 1. The van der Waals surface area contributed by atoms with Crippen LogP contribution in [0.3, 0.4) is 0 Å². The first-order valence-corrected chi connectivity index (χ1v) is 12.0. The Bertz CT molecular complexity index is 1320. The summed E-state index contributed by atoms with van der Waals surface area (Å²) in [4.78, 5) is 25.4. The van der Waals surface area contributed by atoms with E-state index in [1.165, 1.54) is 18.0 Å². The molecule has 34 heavy (non-hydrogen) atoms. The number of nitrogens with one attached hydrogen (secondary N) is 2. The third-order valence-electron chi connectivity index (χ3n) is 4.33. The van der Waals surface area contributed by atoms with Gasteiger partial charge in [-0.15, -0.1) is 10.2 Å². The molecule has 0 bridgehead atoms. The lowest BCUT2D eigenvalue weighted by Gasteiger charge is -2.01. The molecule has 8 nitrogen and oxygen atoms in total. The third-order valence-corrected chi connectivity index (χ3v) is 6.35. The van der Waals surface area contributed by atoms with E-state index in [9.17, 15) is 9.59 Å². The number of hydrogen-bond donors (Lipinski definition) is 2. The fraction of sp³-hybridized carbons (Fsp3) is 0.0870. The highest BCUT2D eigenvalue weighted by molar-refractivity contribution is 7.99. The fourth-order valence-electron chi connectivity index (χ4n) is 2.67. The number of anilines is 1. The van der Waals surface area contributed by atoms with Crippen LogP contribution in [0, 0.1) is 6.92 Å². The highest BCUT2D eigenvalue weighted by atomic mass is 35.5. The minimum atomic E-state index is -0.369. The van der Waals surface area contributed by atoms with Crippen molar-refractivity contribution < 1.29 is 14.0 Å². The van der Waals surface area contributed by atoms with Gasteiger partial charge < -0.3 is 4.42 Å². The Morgan fingerprint density at radius 3 is 2.62 bits per heavy atom. The molecule has 2 amide bonds. The average molecular weight is 512 g/mol. The number of rotatable bonds is 8. The highest BCUT2D eigenvalue weighted by Crippen LogP contribution is 2.29. The summed E-state index contributed by atoms with van der Waals surface area (Å²) in [7, 11) is 0. The molecule has 4 rings (SSSR count). The Hall–Kier alpha value is -3.47. The number of hydrazone groups is 1. The second-order valence-corrected chi connectivity index (χ2v) is 9.58. The molecule has 0 atom stereocenters. The zero-order chi connectivity index (χ0) is 23.9. The Kier molecular flexibility index (Phi) is 7.73. The van der Waals surface area contributed by atoms with Gasteiger partial charge in [0.05, 0.1) is 12.6 Å². The van der Waals surface area contributed by atoms with E-state index in [0.29, 0.717) is 31.6 Å². The van der Waals surface area contributed by atoms with Crippen molar-refractivity contribution in [2.75, 3.05) is 5.32 Å². The van der Waals surface area contributed by atoms with E-state index in [4.69, 9.17) is 16.0 Å². The van der Waals surface area contributed by atoms with Crippen LogP contribution < -0.4 is 10.7 Å². The number of furan rings is 1. The lowest BCUT2D eigenvalue weighted by atomic mass is 10.1. The van der Waals surface area contributed by atoms with E-state index in [2.05, 4.69) is 26.0 Å². The Morgan fingerprint density at radius 1 is 1.09 bits per heavy atom. The molecular formula is C23H18ClN5O3S2. The molecule has 0 aliphatic heterocycles. The van der Waals surface area contributed by atoms with Crippen molar-refractivity contribution in [2.45, 2.75) is 23.3 Å². The van der Waals surface area contributed by atoms with Crippen molar-refractivity contribution >= 4 is 57.9 Å². The summed E-state index contributed by atoms with van der Waals surface area (Å²) in [5, 5.41) is 16.6. The molecule has 2 N–H and O–H groups in total. The lowest BCUT2D eigenvalue weighted by Crippen LogP contribution is -2.19. The van der Waals surface area contributed by atoms with E-state index in [0.717, 1.165) is 21.8 Å². The third kappa shape index (κ3) is 6.77. The van der Waals surface area contributed by atoms with Gasteiger partial charge in [0.1, 0.15) is 10.8 Å². The molecule has 0 aliphatic carbocycles. The standard InChI is InChI=1S/C23H18ClN5O3S2/c1-14-2-4-15(5-3-14)22(31)26-23-29-28-20(34-23)12-19(30)27-25-13-17-8-11-21(32-17)33-18-9-6-16(24)7-10-18/h2-11,13H,12H2,1H3,(H,27,30)(H,26,29,31)/b25-13-. The van der Waals surface area contributed by atoms with Gasteiger partial charge in [-0.1, -0.05) is 52.4 Å². The minimum absolute atomic E-state index is 0.0226. The monoisotopic (exact) mass is 511 g/mol. The van der Waals surface area contributed by atoms with Gasteiger partial charge in [0.15, 0.2) is 5.09 Å². The van der Waals surface area contributed by atoms with Gasteiger partial charge in [-0.3, -0.25) is 14.9 Å². The van der Waals surface area contributed by atoms with Gasteiger partial charge in [0.25, 0.3) is 5.91 Å². The lowest BCUT2D eigenvalue weighted by molar-refractivity contribution is -0.120. The summed E-state index contributed by atoms with van der Waals surface area (Å²) in [6.07, 6.45) is 1.39. The fourth-order valence-corrected chi connectivity index (χ4v) is 4.31. The normalized spacial score (nSPS) is 11.0. The first kappa shape index (κ1) is 23.7. The quantitative estimate of drug-likeness (QED) is 0.249. The number of amides is 2. The van der Waals surface area contributed by atoms with Crippen molar-refractivity contribution in [3.05, 3.63) is 87.6 Å². The second kappa shape index (κ2) is 11.1. The molecule has 0 saturated heterocycles. The number of carbonyl (C=O) groups is 2. The maximum absolute atomic E-state index is 12.3. The average Bonchev–Trinajstić information content (AvgIpc) is 3.45. The van der Waals surface area contributed by atoms with Crippen LogP contribution >= 0.6 is 34.7 Å². The van der Waals surface area contributed by atoms with E-state index >= 15 is 0 Å². The predicted molar refractivity (Wildman–Crippen MR) is 133 cm³/mol. The molecule has 0 radical (unpaired) electrons. The maximum Gasteiger partial charge on any atom is 0.257 e. The molecule has 0 unspecified atom stereocenters. The molecular weight excluding hydrogens is 494 g/mol. The van der Waals surface area contributed by atoms with Crippen LogP contribution in [-0.4, -0.2) is 28.2 Å². The SMILES string of the molecule is Cc1ccc(C(=O)Nc2nnc(CC(=O)N/N=C\c3ccc(Sc4ccc(Cl)cc4)o3)s2)cc1. The molecule has 11 heteroatoms. The number of hydrogen-bond acceptors (Lipinski definition) is 8. The highest BCUT2D eigenvalue weighted by Gasteiger charge is 2.12. The topological polar surface area (TPSA) is 109 Å². The molecule has 2 aromatic heterocycles. The number of benzene rings is 2. The van der Waals surface area contributed by atoms with Crippen LogP contribution in [-0.2, 0) is 11.2 Å². The Labute approximate surface area is 208 Å². The zero-order valence-electron chi connectivity index (χ0n) is 17.8. The molecule has 172 valence electrons. The van der Waals surface area contributed by atoms with Crippen LogP contribution in [0.25, 0.3) is 0 Å². The molecule has 0 saturated carbocycles. The van der Waals surface area contributed by atoms with E-state index in [1.54, 1.807) is 18.2 Å². The van der Waals surface area contributed by atoms with Crippen LogP contribution in [0.4, 0.5) is 5.13 Å². The molecule has 4 aromatic rings. The van der Waals surface area contributed by atoms with Gasteiger partial charge in [-0.2, -0.15) is 5.10 Å². The summed E-state index contributed by atoms with van der Waals surface area (Å²) in [6, 6.07) is 18.2. The summed E-state index contributed by atoms with van der Waals surface area (Å²) in [5.41, 5.74) is 4.01. The van der Waals surface area contributed by atoms with Crippen LogP contribution in [0.5, 0.6) is 0 Å². The zero-order valence-corrected chi connectivity index (χ0v) is 20.2. The van der Waals surface area contributed by atoms with Gasteiger partial charge in [0, 0.05) is 15.5 Å². The summed E-state index contributed by atoms with van der Waals surface area (Å²) >= 11 is 8.47. The summed E-state index contributed by atoms with van der Waals surface area (Å²) in [6.45, 7) is 1.95. The minimum Gasteiger partial charge on any atom is -0.448 e. The number of carbonyl (C=O) groups excluding carboxylic acids is 2. The number of aromatic nitrogens is 2. The largest absolute Gasteiger partial charge is 0.448 e. The molecule has 0 spiro atoms. The molecule has 2 aromatic carbocycles. The molecule has 0 fully saturated rings. The van der Waals surface area contributed by atoms with Crippen LogP contribution in [0.2, 0.25) is 5.02 Å². The van der Waals surface area contributed by atoms with E-state index in [-0.39, 0.29) is 18.2 Å².